The zero-order valence-corrected chi connectivity index (χ0v) is 13.3. The van der Waals surface area contributed by atoms with Crippen LogP contribution in [0.2, 0.25) is 0 Å². The van der Waals surface area contributed by atoms with Crippen molar-refractivity contribution >= 4 is 5.91 Å². The van der Waals surface area contributed by atoms with E-state index < -0.39 is 0 Å². The van der Waals surface area contributed by atoms with Crippen LogP contribution in [0, 0.1) is 13.8 Å². The molecular weight excluding hydrogens is 276 g/mol. The van der Waals surface area contributed by atoms with Crippen LogP contribution < -0.4 is 5.32 Å². The molecule has 0 aromatic carbocycles. The second-order valence-electron chi connectivity index (χ2n) is 5.86. The Morgan fingerprint density at radius 2 is 2.18 bits per heavy atom. The molecular formula is C17H22N4O. The highest BCUT2D eigenvalue weighted by Gasteiger charge is 2.27. The van der Waals surface area contributed by atoms with Crippen LogP contribution >= 0.6 is 0 Å². The Labute approximate surface area is 131 Å². The van der Waals surface area contributed by atoms with Gasteiger partial charge >= 0.3 is 0 Å². The summed E-state index contributed by atoms with van der Waals surface area (Å²) in [5.74, 6) is 0.967. The van der Waals surface area contributed by atoms with Crippen molar-refractivity contribution in [3.05, 3.63) is 47.4 Å². The molecule has 0 saturated carbocycles. The van der Waals surface area contributed by atoms with Gasteiger partial charge in [-0.2, -0.15) is 0 Å². The summed E-state index contributed by atoms with van der Waals surface area (Å²) in [5.41, 5.74) is 2.76. The summed E-state index contributed by atoms with van der Waals surface area (Å²) in [4.78, 5) is 19.3. The van der Waals surface area contributed by atoms with Crippen molar-refractivity contribution in [3.8, 4) is 5.82 Å². The molecule has 0 unspecified atom stereocenters. The van der Waals surface area contributed by atoms with Crippen molar-refractivity contribution in [2.75, 3.05) is 19.6 Å². The lowest BCUT2D eigenvalue weighted by atomic mass is 10.1. The van der Waals surface area contributed by atoms with Gasteiger partial charge in [-0.15, -0.1) is 0 Å². The molecule has 5 heteroatoms. The molecule has 3 rings (SSSR count). The zero-order valence-electron chi connectivity index (χ0n) is 13.3. The SMILES string of the molecule is Cc1cc(C(=O)N2CCNC[C@@H]2C)c(C)n1-c1ccccn1. The average Bonchev–Trinajstić information content (AvgIpc) is 2.83. The molecule has 5 nitrogen and oxygen atoms in total. The number of aromatic nitrogens is 2. The van der Waals surface area contributed by atoms with E-state index in [1.165, 1.54) is 0 Å². The van der Waals surface area contributed by atoms with Crippen LogP contribution in [0.25, 0.3) is 5.82 Å². The Kier molecular flexibility index (Phi) is 3.98. The number of rotatable bonds is 2. The first-order valence-electron chi connectivity index (χ1n) is 7.71. The summed E-state index contributed by atoms with van der Waals surface area (Å²) < 4.78 is 2.04. The van der Waals surface area contributed by atoms with Crippen LogP contribution in [-0.4, -0.2) is 46.0 Å². The fourth-order valence-corrected chi connectivity index (χ4v) is 3.12. The second kappa shape index (κ2) is 5.93. The standard InChI is InChI=1S/C17H22N4O/c1-12-10-15(17(22)20-9-8-18-11-13(20)2)14(3)21(12)16-6-4-5-7-19-16/h4-7,10,13,18H,8-9,11H2,1-3H3/t13-/m0/s1. The van der Waals surface area contributed by atoms with E-state index in [-0.39, 0.29) is 11.9 Å². The summed E-state index contributed by atoms with van der Waals surface area (Å²) in [7, 11) is 0. The molecule has 1 aliphatic rings. The first-order chi connectivity index (χ1) is 10.6. The Morgan fingerprint density at radius 3 is 2.86 bits per heavy atom. The van der Waals surface area contributed by atoms with Crippen LogP contribution in [-0.2, 0) is 0 Å². The highest BCUT2D eigenvalue weighted by atomic mass is 16.2. The molecule has 2 aromatic rings. The Morgan fingerprint density at radius 1 is 1.36 bits per heavy atom. The normalized spacial score (nSPS) is 18.5. The maximum atomic E-state index is 12.9. The van der Waals surface area contributed by atoms with Crippen LogP contribution in [0.3, 0.4) is 0 Å². The van der Waals surface area contributed by atoms with Crippen molar-refractivity contribution in [3.63, 3.8) is 0 Å². The predicted molar refractivity (Wildman–Crippen MR) is 86.4 cm³/mol. The van der Waals surface area contributed by atoms with Gasteiger partial charge in [0, 0.05) is 43.3 Å². The summed E-state index contributed by atoms with van der Waals surface area (Å²) in [5, 5.41) is 3.32. The van der Waals surface area contributed by atoms with Gasteiger partial charge in [0.25, 0.3) is 5.91 Å². The number of nitrogens with one attached hydrogen (secondary N) is 1. The van der Waals surface area contributed by atoms with Gasteiger partial charge in [-0.1, -0.05) is 6.07 Å². The quantitative estimate of drug-likeness (QED) is 0.921. The van der Waals surface area contributed by atoms with Gasteiger partial charge < -0.3 is 14.8 Å². The van der Waals surface area contributed by atoms with Gasteiger partial charge in [0.05, 0.1) is 5.56 Å². The fraction of sp³-hybridized carbons (Fsp3) is 0.412. The number of piperazine rings is 1. The largest absolute Gasteiger partial charge is 0.333 e. The average molecular weight is 298 g/mol. The van der Waals surface area contributed by atoms with E-state index in [4.69, 9.17) is 0 Å². The number of nitrogens with zero attached hydrogens (tertiary/aromatic N) is 3. The molecule has 1 saturated heterocycles. The van der Waals surface area contributed by atoms with E-state index in [0.717, 1.165) is 42.4 Å². The van der Waals surface area contributed by atoms with Crippen LogP contribution in [0.4, 0.5) is 0 Å². The second-order valence-corrected chi connectivity index (χ2v) is 5.86. The van der Waals surface area contributed by atoms with E-state index in [1.807, 2.05) is 47.6 Å². The molecule has 0 radical (unpaired) electrons. The van der Waals surface area contributed by atoms with Crippen LogP contribution in [0.15, 0.2) is 30.5 Å². The highest BCUT2D eigenvalue weighted by Crippen LogP contribution is 2.22. The number of carbonyl (C=O) groups excluding carboxylic acids is 1. The number of pyridine rings is 1. The van der Waals surface area contributed by atoms with E-state index in [9.17, 15) is 4.79 Å². The van der Waals surface area contributed by atoms with Crippen molar-refractivity contribution in [2.24, 2.45) is 0 Å². The molecule has 0 spiro atoms. The lowest BCUT2D eigenvalue weighted by Crippen LogP contribution is -2.52. The van der Waals surface area contributed by atoms with E-state index in [2.05, 4.69) is 17.2 Å². The van der Waals surface area contributed by atoms with Gasteiger partial charge in [0.1, 0.15) is 5.82 Å². The maximum absolute atomic E-state index is 12.9. The van der Waals surface area contributed by atoms with E-state index >= 15 is 0 Å². The third-order valence-corrected chi connectivity index (χ3v) is 4.30. The van der Waals surface area contributed by atoms with Gasteiger partial charge in [0.15, 0.2) is 0 Å². The number of aryl methyl sites for hydroxylation is 1. The van der Waals surface area contributed by atoms with E-state index in [0.29, 0.717) is 0 Å². The van der Waals surface area contributed by atoms with Gasteiger partial charge in [-0.05, 0) is 39.0 Å². The zero-order chi connectivity index (χ0) is 15.7. The van der Waals surface area contributed by atoms with Gasteiger partial charge in [-0.25, -0.2) is 4.98 Å². The van der Waals surface area contributed by atoms with Crippen molar-refractivity contribution in [2.45, 2.75) is 26.8 Å². The molecule has 0 aliphatic carbocycles. The summed E-state index contributed by atoms with van der Waals surface area (Å²) in [6.07, 6.45) is 1.77. The molecule has 1 N–H and O–H groups in total. The molecule has 1 aliphatic heterocycles. The molecule has 1 amide bonds. The maximum Gasteiger partial charge on any atom is 0.256 e. The summed E-state index contributed by atoms with van der Waals surface area (Å²) in [6.45, 7) is 8.55. The van der Waals surface area contributed by atoms with Crippen LogP contribution in [0.1, 0.15) is 28.7 Å². The fourth-order valence-electron chi connectivity index (χ4n) is 3.12. The lowest BCUT2D eigenvalue weighted by molar-refractivity contribution is 0.0655. The topological polar surface area (TPSA) is 50.2 Å². The predicted octanol–water partition coefficient (Wildman–Crippen LogP) is 1.92. The monoisotopic (exact) mass is 298 g/mol. The minimum absolute atomic E-state index is 0.115. The number of hydrogen-bond acceptors (Lipinski definition) is 3. The lowest BCUT2D eigenvalue weighted by Gasteiger charge is -2.34. The third-order valence-electron chi connectivity index (χ3n) is 4.30. The smallest absolute Gasteiger partial charge is 0.256 e. The minimum atomic E-state index is 0.115. The molecule has 0 bridgehead atoms. The van der Waals surface area contributed by atoms with Crippen molar-refractivity contribution < 1.29 is 4.79 Å². The molecule has 2 aromatic heterocycles. The molecule has 22 heavy (non-hydrogen) atoms. The molecule has 1 fully saturated rings. The molecule has 1 atom stereocenters. The number of hydrogen-bond donors (Lipinski definition) is 1. The van der Waals surface area contributed by atoms with Crippen LogP contribution in [0.5, 0.6) is 0 Å². The van der Waals surface area contributed by atoms with Gasteiger partial charge in [-0.3, -0.25) is 4.79 Å². The number of amides is 1. The summed E-state index contributed by atoms with van der Waals surface area (Å²) in [6, 6.07) is 8.01. The Bertz CT molecular complexity index is 677. The van der Waals surface area contributed by atoms with Crippen molar-refractivity contribution in [1.29, 1.82) is 0 Å². The van der Waals surface area contributed by atoms with Gasteiger partial charge in [0.2, 0.25) is 0 Å². The Balaban J connectivity index is 1.97. The minimum Gasteiger partial charge on any atom is -0.333 e. The molecule has 116 valence electrons. The first-order valence-corrected chi connectivity index (χ1v) is 7.71. The molecule has 3 heterocycles. The summed E-state index contributed by atoms with van der Waals surface area (Å²) >= 11 is 0. The highest BCUT2D eigenvalue weighted by molar-refractivity contribution is 5.96. The van der Waals surface area contributed by atoms with E-state index in [1.54, 1.807) is 6.20 Å². The van der Waals surface area contributed by atoms with Crippen molar-refractivity contribution in [1.82, 2.24) is 19.8 Å². The first kappa shape index (κ1) is 14.8. The Hall–Kier alpha value is -2.14. The number of carbonyl (C=O) groups is 1. The third kappa shape index (κ3) is 2.52.